The Morgan fingerprint density at radius 2 is 2.10 bits per heavy atom. The fraction of sp³-hybridized carbons (Fsp3) is 0.800. The maximum absolute atomic E-state index is 10.2. The molecule has 0 aromatic heterocycles. The highest BCUT2D eigenvalue weighted by Gasteiger charge is 2.14. The van der Waals surface area contributed by atoms with Crippen LogP contribution in [0.5, 0.6) is 0 Å². The number of hydrogen-bond acceptors (Lipinski definition) is 5. The Hall–Kier alpha value is -0.650. The molecule has 0 aliphatic carbocycles. The number of aliphatic hydroxyl groups is 3. The van der Waals surface area contributed by atoms with Crippen molar-refractivity contribution in [2.24, 2.45) is 0 Å². The van der Waals surface area contributed by atoms with E-state index in [1.165, 1.54) is 6.92 Å². The summed E-state index contributed by atoms with van der Waals surface area (Å²) >= 11 is 0. The first-order valence-corrected chi connectivity index (χ1v) is 2.74. The van der Waals surface area contributed by atoms with E-state index < -0.39 is 25.0 Å². The van der Waals surface area contributed by atoms with E-state index in [0.29, 0.717) is 0 Å². The van der Waals surface area contributed by atoms with Gasteiger partial charge in [0.2, 0.25) is 6.29 Å². The van der Waals surface area contributed by atoms with E-state index >= 15 is 0 Å². The number of ether oxygens (including phenoxy) is 1. The van der Waals surface area contributed by atoms with Crippen LogP contribution < -0.4 is 0 Å². The minimum atomic E-state index is -1.56. The molecule has 0 aliphatic rings. The van der Waals surface area contributed by atoms with Crippen molar-refractivity contribution in [3.05, 3.63) is 0 Å². The molecule has 0 aromatic carbocycles. The quantitative estimate of drug-likeness (QED) is 0.327. The molecule has 0 aromatic rings. The lowest BCUT2D eigenvalue weighted by Crippen LogP contribution is -2.29. The van der Waals surface area contributed by atoms with Crippen LogP contribution in [0.2, 0.25) is 0 Å². The van der Waals surface area contributed by atoms with Crippen molar-refractivity contribution in [1.82, 2.24) is 0 Å². The maximum Gasteiger partial charge on any atom is 0.334 e. The van der Waals surface area contributed by atoms with Crippen LogP contribution in [0.1, 0.15) is 6.92 Å². The zero-order valence-electron chi connectivity index (χ0n) is 5.52. The molecule has 5 heteroatoms. The van der Waals surface area contributed by atoms with E-state index in [1.54, 1.807) is 0 Å². The van der Waals surface area contributed by atoms with Crippen LogP contribution in [-0.2, 0) is 9.53 Å². The normalized spacial score (nSPS) is 16.0. The van der Waals surface area contributed by atoms with Gasteiger partial charge in [0.25, 0.3) is 0 Å². The molecule has 0 aliphatic heterocycles. The lowest BCUT2D eigenvalue weighted by molar-refractivity contribution is -0.187. The van der Waals surface area contributed by atoms with E-state index in [4.69, 9.17) is 15.3 Å². The van der Waals surface area contributed by atoms with Crippen molar-refractivity contribution in [2.45, 2.75) is 19.3 Å². The Kier molecular flexibility index (Phi) is 3.94. The molecule has 0 radical (unpaired) electrons. The van der Waals surface area contributed by atoms with Crippen molar-refractivity contribution in [3.8, 4) is 0 Å². The number of rotatable bonds is 3. The van der Waals surface area contributed by atoms with Crippen LogP contribution in [0.4, 0.5) is 0 Å². The number of aliphatic hydroxyl groups excluding tert-OH is 3. The van der Waals surface area contributed by atoms with E-state index in [0.717, 1.165) is 0 Å². The molecule has 5 nitrogen and oxygen atoms in total. The molecule has 0 saturated heterocycles. The molecule has 3 N–H and O–H groups in total. The average Bonchev–Trinajstić information content (AvgIpc) is 1.87. The average molecular weight is 150 g/mol. The van der Waals surface area contributed by atoms with Crippen molar-refractivity contribution in [2.75, 3.05) is 6.61 Å². The molecule has 0 rings (SSSR count). The summed E-state index contributed by atoms with van der Waals surface area (Å²) in [6, 6.07) is 0. The molecular formula is C5H10O5. The van der Waals surface area contributed by atoms with Gasteiger partial charge in [0.05, 0.1) is 0 Å². The molecule has 2 atom stereocenters. The highest BCUT2D eigenvalue weighted by atomic mass is 16.6. The highest BCUT2D eigenvalue weighted by Crippen LogP contribution is 1.93. The molecule has 0 amide bonds. The van der Waals surface area contributed by atoms with Gasteiger partial charge in [-0.1, -0.05) is 0 Å². The van der Waals surface area contributed by atoms with Crippen LogP contribution in [0.25, 0.3) is 0 Å². The van der Waals surface area contributed by atoms with Crippen LogP contribution >= 0.6 is 0 Å². The monoisotopic (exact) mass is 150 g/mol. The van der Waals surface area contributed by atoms with Gasteiger partial charge >= 0.3 is 5.97 Å². The van der Waals surface area contributed by atoms with Crippen LogP contribution in [-0.4, -0.2) is 40.3 Å². The van der Waals surface area contributed by atoms with Gasteiger partial charge in [-0.05, 0) is 6.92 Å². The predicted molar refractivity (Wildman–Crippen MR) is 30.9 cm³/mol. The van der Waals surface area contributed by atoms with Crippen molar-refractivity contribution < 1.29 is 24.9 Å². The first-order chi connectivity index (χ1) is 4.57. The molecule has 0 bridgehead atoms. The molecule has 2 unspecified atom stereocenters. The SMILES string of the molecule is CC(O)C(O)OC(=O)CO. The number of hydrogen-bond donors (Lipinski definition) is 3. The standard InChI is InChI=1S/C5H10O5/c1-3(7)5(9)10-4(8)2-6/h3,5-7,9H,2H2,1H3. The van der Waals surface area contributed by atoms with Crippen molar-refractivity contribution in [3.63, 3.8) is 0 Å². The van der Waals surface area contributed by atoms with Gasteiger partial charge in [-0.15, -0.1) is 0 Å². The zero-order chi connectivity index (χ0) is 8.15. The topological polar surface area (TPSA) is 87.0 Å². The third-order valence-corrected chi connectivity index (χ3v) is 0.794. The van der Waals surface area contributed by atoms with E-state index in [9.17, 15) is 4.79 Å². The second kappa shape index (κ2) is 4.21. The van der Waals surface area contributed by atoms with E-state index in [2.05, 4.69) is 4.74 Å². The van der Waals surface area contributed by atoms with Gasteiger partial charge in [0.15, 0.2) is 0 Å². The smallest absolute Gasteiger partial charge is 0.334 e. The highest BCUT2D eigenvalue weighted by molar-refractivity contribution is 5.70. The Labute approximate surface area is 57.9 Å². The summed E-state index contributed by atoms with van der Waals surface area (Å²) in [7, 11) is 0. The Bertz CT molecular complexity index is 111. The summed E-state index contributed by atoms with van der Waals surface area (Å²) in [5.74, 6) is -0.964. The summed E-state index contributed by atoms with van der Waals surface area (Å²) in [5.41, 5.74) is 0. The zero-order valence-corrected chi connectivity index (χ0v) is 5.52. The molecule has 0 fully saturated rings. The van der Waals surface area contributed by atoms with Gasteiger partial charge < -0.3 is 20.1 Å². The minimum absolute atomic E-state index is 0.802. The lowest BCUT2D eigenvalue weighted by Gasteiger charge is -2.12. The summed E-state index contributed by atoms with van der Waals surface area (Å²) in [6.45, 7) is 0.457. The molecule has 60 valence electrons. The Morgan fingerprint density at radius 1 is 1.60 bits per heavy atom. The van der Waals surface area contributed by atoms with Crippen molar-refractivity contribution in [1.29, 1.82) is 0 Å². The first-order valence-electron chi connectivity index (χ1n) is 2.74. The Morgan fingerprint density at radius 3 is 2.40 bits per heavy atom. The third-order valence-electron chi connectivity index (χ3n) is 0.794. The predicted octanol–water partition coefficient (Wildman–Crippen LogP) is -1.78. The summed E-state index contributed by atoms with van der Waals surface area (Å²) < 4.78 is 4.08. The number of esters is 1. The fourth-order valence-electron chi connectivity index (χ4n) is 0.270. The number of carbonyl (C=O) groups is 1. The largest absolute Gasteiger partial charge is 0.431 e. The summed E-state index contributed by atoms with van der Waals surface area (Å²) in [6.07, 6.45) is -2.70. The molecule has 0 saturated carbocycles. The molecular weight excluding hydrogens is 140 g/mol. The second-order valence-corrected chi connectivity index (χ2v) is 1.78. The van der Waals surface area contributed by atoms with Crippen LogP contribution in [0.15, 0.2) is 0 Å². The molecule has 10 heavy (non-hydrogen) atoms. The minimum Gasteiger partial charge on any atom is -0.431 e. The summed E-state index contributed by atoms with van der Waals surface area (Å²) in [5, 5.41) is 25.3. The van der Waals surface area contributed by atoms with Gasteiger partial charge in [-0.2, -0.15) is 0 Å². The third kappa shape index (κ3) is 3.39. The molecule has 0 spiro atoms. The van der Waals surface area contributed by atoms with Gasteiger partial charge in [-0.25, -0.2) is 4.79 Å². The van der Waals surface area contributed by atoms with E-state index in [1.807, 2.05) is 0 Å². The van der Waals surface area contributed by atoms with Gasteiger partial charge in [0, 0.05) is 0 Å². The number of carbonyl (C=O) groups excluding carboxylic acids is 1. The van der Waals surface area contributed by atoms with Crippen LogP contribution in [0.3, 0.4) is 0 Å². The second-order valence-electron chi connectivity index (χ2n) is 1.78. The van der Waals surface area contributed by atoms with Gasteiger partial charge in [-0.3, -0.25) is 0 Å². The van der Waals surface area contributed by atoms with Crippen molar-refractivity contribution >= 4 is 5.97 Å². The van der Waals surface area contributed by atoms with Crippen LogP contribution in [0, 0.1) is 0 Å². The summed E-state index contributed by atoms with van der Waals surface area (Å²) in [4.78, 5) is 10.2. The first kappa shape index (κ1) is 9.35. The van der Waals surface area contributed by atoms with E-state index in [-0.39, 0.29) is 0 Å². The molecule has 0 heterocycles. The van der Waals surface area contributed by atoms with Gasteiger partial charge in [0.1, 0.15) is 12.7 Å². The Balaban J connectivity index is 3.57. The maximum atomic E-state index is 10.2. The fourth-order valence-corrected chi connectivity index (χ4v) is 0.270. The lowest BCUT2D eigenvalue weighted by atomic mass is 10.4.